The van der Waals surface area contributed by atoms with Gasteiger partial charge in [0.05, 0.1) is 0 Å². The maximum Gasteiger partial charge on any atom is 0.0149 e. The number of hydrogen-bond acceptors (Lipinski definition) is 0. The highest BCUT2D eigenvalue weighted by molar-refractivity contribution is 5.44. The van der Waals surface area contributed by atoms with Gasteiger partial charge < -0.3 is 0 Å². The Morgan fingerprint density at radius 2 is 1.41 bits per heavy atom. The largest absolute Gasteiger partial charge is 0.0622 e. The Bertz CT molecular complexity index is 480. The summed E-state index contributed by atoms with van der Waals surface area (Å²) in [6, 6.07) is 19.3. The second-order valence-electron chi connectivity index (χ2n) is 4.87. The smallest absolute Gasteiger partial charge is 0.0149 e. The Morgan fingerprint density at radius 3 is 2.06 bits per heavy atom. The van der Waals surface area contributed by atoms with Crippen LogP contribution in [-0.4, -0.2) is 0 Å². The van der Waals surface area contributed by atoms with Gasteiger partial charge in [-0.1, -0.05) is 75.4 Å². The second kappa shape index (κ2) is 4.75. The summed E-state index contributed by atoms with van der Waals surface area (Å²) in [5.41, 5.74) is 4.11. The van der Waals surface area contributed by atoms with Gasteiger partial charge in [0, 0.05) is 5.41 Å². The summed E-state index contributed by atoms with van der Waals surface area (Å²) in [6.45, 7) is 6.66. The minimum absolute atomic E-state index is 0.0460. The predicted molar refractivity (Wildman–Crippen MR) is 74.1 cm³/mol. The van der Waals surface area contributed by atoms with E-state index in [0.29, 0.717) is 0 Å². The van der Waals surface area contributed by atoms with Crippen molar-refractivity contribution in [1.29, 1.82) is 0 Å². The van der Waals surface area contributed by atoms with Crippen molar-refractivity contribution in [1.82, 2.24) is 0 Å². The summed E-state index contributed by atoms with van der Waals surface area (Å²) in [4.78, 5) is 0. The predicted octanol–water partition coefficient (Wildman–Crippen LogP) is 4.58. The number of benzene rings is 2. The summed E-state index contributed by atoms with van der Waals surface area (Å²) in [5, 5.41) is 0. The summed E-state index contributed by atoms with van der Waals surface area (Å²) < 4.78 is 0. The lowest BCUT2D eigenvalue weighted by atomic mass is 9.76. The average Bonchev–Trinajstić information content (AvgIpc) is 2.39. The summed E-state index contributed by atoms with van der Waals surface area (Å²) in [7, 11) is 0. The molecule has 17 heavy (non-hydrogen) atoms. The van der Waals surface area contributed by atoms with E-state index in [-0.39, 0.29) is 5.41 Å². The van der Waals surface area contributed by atoms with Gasteiger partial charge in [-0.25, -0.2) is 0 Å². The Hall–Kier alpha value is -1.56. The molecule has 0 saturated heterocycles. The molecule has 1 radical (unpaired) electrons. The maximum absolute atomic E-state index is 2.28. The molecule has 0 amide bonds. The van der Waals surface area contributed by atoms with Crippen LogP contribution < -0.4 is 0 Å². The third kappa shape index (κ3) is 2.26. The van der Waals surface area contributed by atoms with Gasteiger partial charge in [0.25, 0.3) is 0 Å². The standard InChI is InChI=1S/C17H19/c1-4-14-10-8-9-13-16(14)17(2,3)15-11-6-5-7-12-15/h4-13H,1-3H3. The van der Waals surface area contributed by atoms with E-state index in [4.69, 9.17) is 0 Å². The van der Waals surface area contributed by atoms with Gasteiger partial charge in [0.15, 0.2) is 0 Å². The first kappa shape index (κ1) is 11.9. The zero-order valence-electron chi connectivity index (χ0n) is 10.8. The highest BCUT2D eigenvalue weighted by atomic mass is 14.3. The van der Waals surface area contributed by atoms with Gasteiger partial charge in [-0.2, -0.15) is 0 Å². The lowest BCUT2D eigenvalue weighted by molar-refractivity contribution is 0.637. The van der Waals surface area contributed by atoms with Crippen LogP contribution in [0, 0.1) is 6.42 Å². The molecule has 0 nitrogen and oxygen atoms in total. The van der Waals surface area contributed by atoms with E-state index in [0.717, 1.165) is 0 Å². The average molecular weight is 223 g/mol. The van der Waals surface area contributed by atoms with Crippen LogP contribution in [-0.2, 0) is 5.41 Å². The molecule has 0 heteroatoms. The third-order valence-electron chi connectivity index (χ3n) is 3.44. The molecule has 0 heterocycles. The van der Waals surface area contributed by atoms with Crippen molar-refractivity contribution in [3.63, 3.8) is 0 Å². The molecule has 0 N–H and O–H groups in total. The first-order valence-electron chi connectivity index (χ1n) is 6.10. The highest BCUT2D eigenvalue weighted by Crippen LogP contribution is 2.33. The zero-order chi connectivity index (χ0) is 12.3. The fraction of sp³-hybridized carbons (Fsp3) is 0.235. The van der Waals surface area contributed by atoms with Crippen molar-refractivity contribution in [2.24, 2.45) is 0 Å². The molecule has 0 bridgehead atoms. The van der Waals surface area contributed by atoms with Gasteiger partial charge in [0.2, 0.25) is 0 Å². The zero-order valence-corrected chi connectivity index (χ0v) is 10.8. The topological polar surface area (TPSA) is 0 Å². The summed E-state index contributed by atoms with van der Waals surface area (Å²) >= 11 is 0. The van der Waals surface area contributed by atoms with Crippen molar-refractivity contribution in [3.05, 3.63) is 77.7 Å². The maximum atomic E-state index is 2.28. The molecule has 0 aliphatic rings. The summed E-state index contributed by atoms with van der Waals surface area (Å²) in [6.07, 6.45) is 2.18. The fourth-order valence-corrected chi connectivity index (χ4v) is 2.33. The van der Waals surface area contributed by atoms with E-state index in [2.05, 4.69) is 81.8 Å². The molecule has 0 aromatic heterocycles. The van der Waals surface area contributed by atoms with Gasteiger partial charge in [-0.3, -0.25) is 0 Å². The Balaban J connectivity index is 2.51. The van der Waals surface area contributed by atoms with Gasteiger partial charge >= 0.3 is 0 Å². The quantitative estimate of drug-likeness (QED) is 0.714. The van der Waals surface area contributed by atoms with Crippen LogP contribution in [0.4, 0.5) is 0 Å². The van der Waals surface area contributed by atoms with E-state index >= 15 is 0 Å². The minimum Gasteiger partial charge on any atom is -0.0622 e. The van der Waals surface area contributed by atoms with E-state index in [1.54, 1.807) is 0 Å². The Labute approximate surface area is 104 Å². The first-order chi connectivity index (χ1) is 8.16. The van der Waals surface area contributed by atoms with Crippen LogP contribution >= 0.6 is 0 Å². The molecule has 0 fully saturated rings. The molecule has 0 spiro atoms. The minimum atomic E-state index is 0.0460. The molecular weight excluding hydrogens is 204 g/mol. The van der Waals surface area contributed by atoms with E-state index < -0.39 is 0 Å². The molecule has 0 unspecified atom stereocenters. The summed E-state index contributed by atoms with van der Waals surface area (Å²) in [5.74, 6) is 0. The van der Waals surface area contributed by atoms with Crippen LogP contribution in [0.1, 0.15) is 37.5 Å². The van der Waals surface area contributed by atoms with Crippen molar-refractivity contribution >= 4 is 0 Å². The van der Waals surface area contributed by atoms with Crippen LogP contribution in [0.25, 0.3) is 0 Å². The molecule has 0 aliphatic heterocycles. The molecule has 0 atom stereocenters. The lowest BCUT2D eigenvalue weighted by Gasteiger charge is -2.28. The molecule has 87 valence electrons. The van der Waals surface area contributed by atoms with E-state index in [1.165, 1.54) is 16.7 Å². The third-order valence-corrected chi connectivity index (χ3v) is 3.44. The normalized spacial score (nSPS) is 11.5. The Kier molecular flexibility index (Phi) is 3.33. The van der Waals surface area contributed by atoms with Gasteiger partial charge in [-0.05, 0) is 23.1 Å². The van der Waals surface area contributed by atoms with Crippen LogP contribution in [0.15, 0.2) is 54.6 Å². The molecule has 2 aromatic carbocycles. The van der Waals surface area contributed by atoms with Crippen molar-refractivity contribution < 1.29 is 0 Å². The molecule has 0 saturated carbocycles. The molecule has 2 aromatic rings. The van der Waals surface area contributed by atoms with Crippen LogP contribution in [0.5, 0.6) is 0 Å². The Morgan fingerprint density at radius 1 is 0.824 bits per heavy atom. The van der Waals surface area contributed by atoms with Crippen LogP contribution in [0.2, 0.25) is 0 Å². The SMILES string of the molecule is C[CH]c1ccccc1C(C)(C)c1ccccc1. The number of hydrogen-bond donors (Lipinski definition) is 0. The fourth-order valence-electron chi connectivity index (χ4n) is 2.33. The van der Waals surface area contributed by atoms with Crippen molar-refractivity contribution in [2.45, 2.75) is 26.2 Å². The molecule has 0 aliphatic carbocycles. The first-order valence-corrected chi connectivity index (χ1v) is 6.10. The van der Waals surface area contributed by atoms with Gasteiger partial charge in [0.1, 0.15) is 0 Å². The van der Waals surface area contributed by atoms with E-state index in [1.807, 2.05) is 0 Å². The molecule has 2 rings (SSSR count). The van der Waals surface area contributed by atoms with Gasteiger partial charge in [-0.15, -0.1) is 0 Å². The monoisotopic (exact) mass is 223 g/mol. The highest BCUT2D eigenvalue weighted by Gasteiger charge is 2.24. The van der Waals surface area contributed by atoms with Crippen molar-refractivity contribution in [3.8, 4) is 0 Å². The second-order valence-corrected chi connectivity index (χ2v) is 4.87. The lowest BCUT2D eigenvalue weighted by Crippen LogP contribution is -2.20. The van der Waals surface area contributed by atoms with E-state index in [9.17, 15) is 0 Å². The van der Waals surface area contributed by atoms with Crippen molar-refractivity contribution in [2.75, 3.05) is 0 Å². The van der Waals surface area contributed by atoms with Crippen LogP contribution in [0.3, 0.4) is 0 Å². The molecular formula is C17H19. The number of rotatable bonds is 3.